The van der Waals surface area contributed by atoms with Gasteiger partial charge >= 0.3 is 0 Å². The highest BCUT2D eigenvalue weighted by Gasteiger charge is 2.34. The lowest BCUT2D eigenvalue weighted by Gasteiger charge is -2.13. The molecular weight excluding hydrogens is 376 g/mol. The maximum absolute atomic E-state index is 12.6. The Morgan fingerprint density at radius 2 is 1.89 bits per heavy atom. The molecule has 1 saturated heterocycles. The van der Waals surface area contributed by atoms with E-state index in [0.29, 0.717) is 16.4 Å². The van der Waals surface area contributed by atoms with E-state index in [2.05, 4.69) is 0 Å². The topological polar surface area (TPSA) is 79.6 Å². The van der Waals surface area contributed by atoms with Gasteiger partial charge in [0, 0.05) is 0 Å². The number of hydrogen-bond donors (Lipinski definition) is 0. The Hall–Kier alpha value is -3.24. The van der Waals surface area contributed by atoms with Gasteiger partial charge in [0.2, 0.25) is 0 Å². The third kappa shape index (κ3) is 4.93. The summed E-state index contributed by atoms with van der Waals surface area (Å²) in [6.45, 7) is 2.34. The van der Waals surface area contributed by atoms with Crippen LogP contribution in [-0.2, 0) is 4.79 Å². The largest absolute Gasteiger partial charge is 0.492 e. The number of benzene rings is 2. The second-order valence-corrected chi connectivity index (χ2v) is 7.01. The number of aryl methyl sites for hydroxylation is 1. The lowest BCUT2D eigenvalue weighted by molar-refractivity contribution is -0.123. The van der Waals surface area contributed by atoms with Crippen LogP contribution < -0.4 is 9.47 Å². The number of nitrogens with zero attached hydrogens (tertiary/aromatic N) is 2. The molecule has 2 aromatic rings. The van der Waals surface area contributed by atoms with Crippen molar-refractivity contribution in [1.29, 1.82) is 5.26 Å². The molecule has 0 unspecified atom stereocenters. The SMILES string of the molecule is Cc1ccc(OCCN2C(=O)S/C(=C\c3cccc(OCC#N)c3)C2=O)cc1. The van der Waals surface area contributed by atoms with Crippen LogP contribution >= 0.6 is 11.8 Å². The number of nitriles is 1. The van der Waals surface area contributed by atoms with Crippen LogP contribution in [0.4, 0.5) is 4.79 Å². The molecule has 0 N–H and O–H groups in total. The molecule has 6 nitrogen and oxygen atoms in total. The van der Waals surface area contributed by atoms with Crippen LogP contribution in [0.1, 0.15) is 11.1 Å². The van der Waals surface area contributed by atoms with Crippen molar-refractivity contribution < 1.29 is 19.1 Å². The predicted octanol–water partition coefficient (Wildman–Crippen LogP) is 4.01. The Morgan fingerprint density at radius 3 is 2.64 bits per heavy atom. The van der Waals surface area contributed by atoms with Gasteiger partial charge in [-0.05, 0) is 54.6 Å². The van der Waals surface area contributed by atoms with Gasteiger partial charge in [0.15, 0.2) is 6.61 Å². The van der Waals surface area contributed by atoms with Gasteiger partial charge in [0.05, 0.1) is 11.4 Å². The smallest absolute Gasteiger partial charge is 0.293 e. The molecule has 28 heavy (non-hydrogen) atoms. The number of rotatable bonds is 7. The summed E-state index contributed by atoms with van der Waals surface area (Å²) in [5.74, 6) is 0.883. The molecule has 1 aliphatic rings. The normalized spacial score (nSPS) is 15.0. The molecule has 1 heterocycles. The molecule has 0 radical (unpaired) electrons. The first-order chi connectivity index (χ1) is 13.6. The quantitative estimate of drug-likeness (QED) is 0.660. The van der Waals surface area contributed by atoms with Crippen molar-refractivity contribution in [3.05, 3.63) is 64.6 Å². The van der Waals surface area contributed by atoms with Crippen LogP contribution in [0.25, 0.3) is 6.08 Å². The molecule has 0 atom stereocenters. The summed E-state index contributed by atoms with van der Waals surface area (Å²) in [5, 5.41) is 8.27. The van der Waals surface area contributed by atoms with E-state index < -0.39 is 0 Å². The van der Waals surface area contributed by atoms with E-state index in [0.717, 1.165) is 22.9 Å². The zero-order valence-electron chi connectivity index (χ0n) is 15.3. The first-order valence-electron chi connectivity index (χ1n) is 8.61. The molecule has 0 aliphatic carbocycles. The van der Waals surface area contributed by atoms with Crippen molar-refractivity contribution in [3.63, 3.8) is 0 Å². The lowest BCUT2D eigenvalue weighted by atomic mass is 10.2. The molecule has 0 saturated carbocycles. The standard InChI is InChI=1S/C21H18N2O4S/c1-15-5-7-17(8-6-15)27-12-10-23-20(24)19(28-21(23)25)14-16-3-2-4-18(13-16)26-11-9-22/h2-8,13-14H,10-12H2,1H3/b19-14-. The number of carbonyl (C=O) groups is 2. The maximum atomic E-state index is 12.6. The second kappa shape index (κ2) is 9.11. The second-order valence-electron chi connectivity index (χ2n) is 6.01. The summed E-state index contributed by atoms with van der Waals surface area (Å²) in [6, 6.07) is 16.5. The number of imide groups is 1. The fraction of sp³-hybridized carbons (Fsp3) is 0.190. The van der Waals surface area contributed by atoms with Gasteiger partial charge in [-0.2, -0.15) is 5.26 Å². The molecule has 3 rings (SSSR count). The average molecular weight is 394 g/mol. The monoisotopic (exact) mass is 394 g/mol. The van der Waals surface area contributed by atoms with Crippen LogP contribution in [0.5, 0.6) is 11.5 Å². The number of thioether (sulfide) groups is 1. The molecule has 2 aromatic carbocycles. The van der Waals surface area contributed by atoms with Crippen LogP contribution in [0.3, 0.4) is 0 Å². The summed E-state index contributed by atoms with van der Waals surface area (Å²) < 4.78 is 10.9. The third-order valence-corrected chi connectivity index (χ3v) is 4.84. The van der Waals surface area contributed by atoms with Crippen LogP contribution in [0.15, 0.2) is 53.4 Å². The van der Waals surface area contributed by atoms with Gasteiger partial charge in [-0.25, -0.2) is 0 Å². The summed E-state index contributed by atoms with van der Waals surface area (Å²) in [4.78, 5) is 26.3. The first-order valence-corrected chi connectivity index (χ1v) is 9.43. The maximum Gasteiger partial charge on any atom is 0.293 e. The number of amides is 2. The highest BCUT2D eigenvalue weighted by atomic mass is 32.2. The molecule has 1 fully saturated rings. The van der Waals surface area contributed by atoms with Gasteiger partial charge in [-0.1, -0.05) is 29.8 Å². The molecule has 7 heteroatoms. The Balaban J connectivity index is 1.62. The number of hydrogen-bond acceptors (Lipinski definition) is 6. The number of ether oxygens (including phenoxy) is 2. The van der Waals surface area contributed by atoms with E-state index in [1.807, 2.05) is 37.3 Å². The van der Waals surface area contributed by atoms with Crippen molar-refractivity contribution in [2.24, 2.45) is 0 Å². The predicted molar refractivity (Wildman–Crippen MR) is 107 cm³/mol. The summed E-state index contributed by atoms with van der Waals surface area (Å²) in [5.41, 5.74) is 1.85. The minimum atomic E-state index is -0.342. The van der Waals surface area contributed by atoms with Gasteiger partial charge in [-0.3, -0.25) is 14.5 Å². The molecule has 2 amide bonds. The third-order valence-electron chi connectivity index (χ3n) is 3.94. The number of carbonyl (C=O) groups excluding carboxylic acids is 2. The van der Waals surface area contributed by atoms with Crippen molar-refractivity contribution in [3.8, 4) is 17.6 Å². The minimum absolute atomic E-state index is 0.0546. The molecule has 0 spiro atoms. The van der Waals surface area contributed by atoms with E-state index in [1.54, 1.807) is 30.3 Å². The summed E-state index contributed by atoms with van der Waals surface area (Å²) >= 11 is 0.898. The highest BCUT2D eigenvalue weighted by Crippen LogP contribution is 2.32. The molecular formula is C21H18N2O4S. The summed E-state index contributed by atoms with van der Waals surface area (Å²) in [6.07, 6.45) is 1.64. The highest BCUT2D eigenvalue weighted by molar-refractivity contribution is 8.18. The Labute approximate surface area is 167 Å². The minimum Gasteiger partial charge on any atom is -0.492 e. The molecule has 0 aromatic heterocycles. The van der Waals surface area contributed by atoms with Crippen LogP contribution in [-0.4, -0.2) is 35.8 Å². The van der Waals surface area contributed by atoms with Crippen LogP contribution in [0.2, 0.25) is 0 Å². The fourth-order valence-corrected chi connectivity index (χ4v) is 3.41. The average Bonchev–Trinajstić information content (AvgIpc) is 2.95. The first kappa shape index (κ1) is 19.5. The van der Waals surface area contributed by atoms with E-state index >= 15 is 0 Å². The Morgan fingerprint density at radius 1 is 1.11 bits per heavy atom. The van der Waals surface area contributed by atoms with Gasteiger partial charge < -0.3 is 9.47 Å². The summed E-state index contributed by atoms with van der Waals surface area (Å²) in [7, 11) is 0. The molecule has 142 valence electrons. The van der Waals surface area contributed by atoms with Gasteiger partial charge in [0.1, 0.15) is 24.2 Å². The van der Waals surface area contributed by atoms with E-state index in [1.165, 1.54) is 4.90 Å². The van der Waals surface area contributed by atoms with Crippen molar-refractivity contribution in [2.45, 2.75) is 6.92 Å². The van der Waals surface area contributed by atoms with E-state index in [9.17, 15) is 9.59 Å². The zero-order chi connectivity index (χ0) is 19.9. The molecule has 1 aliphatic heterocycles. The van der Waals surface area contributed by atoms with Crippen molar-refractivity contribution >= 4 is 29.0 Å². The van der Waals surface area contributed by atoms with Crippen molar-refractivity contribution in [1.82, 2.24) is 4.90 Å². The van der Waals surface area contributed by atoms with Gasteiger partial charge in [-0.15, -0.1) is 0 Å². The fourth-order valence-electron chi connectivity index (χ4n) is 2.54. The Bertz CT molecular complexity index is 948. The lowest BCUT2D eigenvalue weighted by Crippen LogP contribution is -2.32. The van der Waals surface area contributed by atoms with Crippen LogP contribution in [0, 0.1) is 18.3 Å². The Kier molecular flexibility index (Phi) is 6.35. The van der Waals surface area contributed by atoms with E-state index in [4.69, 9.17) is 14.7 Å². The molecule has 0 bridgehead atoms. The van der Waals surface area contributed by atoms with Gasteiger partial charge in [0.25, 0.3) is 11.1 Å². The van der Waals surface area contributed by atoms with Crippen molar-refractivity contribution in [2.75, 3.05) is 19.8 Å². The zero-order valence-corrected chi connectivity index (χ0v) is 16.1. The van der Waals surface area contributed by atoms with E-state index in [-0.39, 0.29) is 30.9 Å².